The van der Waals surface area contributed by atoms with Crippen LogP contribution >= 0.6 is 0 Å². The molecule has 6 heteroatoms. The second kappa shape index (κ2) is 22.8. The minimum atomic E-state index is -2.21. The van der Waals surface area contributed by atoms with Gasteiger partial charge in [0.25, 0.3) is 0 Å². The summed E-state index contributed by atoms with van der Waals surface area (Å²) in [6, 6.07) is 63.4. The molecule has 3 heterocycles. The summed E-state index contributed by atoms with van der Waals surface area (Å²) >= 11 is 0. The van der Waals surface area contributed by atoms with Crippen molar-refractivity contribution in [2.45, 2.75) is 132 Å². The van der Waals surface area contributed by atoms with Gasteiger partial charge in [-0.25, -0.2) is 0 Å². The summed E-state index contributed by atoms with van der Waals surface area (Å²) in [5, 5.41) is 7.00. The Bertz CT molecular complexity index is 4330. The van der Waals surface area contributed by atoms with Gasteiger partial charge >= 0.3 is 0 Å². The van der Waals surface area contributed by atoms with Crippen molar-refractivity contribution in [1.82, 2.24) is 19.5 Å². The predicted octanol–water partition coefficient (Wildman–Crippen LogP) is 21.2. The van der Waals surface area contributed by atoms with Crippen molar-refractivity contribution < 1.29 is 28.6 Å². The Hall–Kier alpha value is -7.50. The van der Waals surface area contributed by atoms with Crippen molar-refractivity contribution in [2.24, 2.45) is 0 Å². The molecule has 0 saturated heterocycles. The maximum absolute atomic E-state index is 7.61. The zero-order chi connectivity index (χ0) is 58.8. The Morgan fingerprint density at radius 2 is 1.19 bits per heavy atom. The summed E-state index contributed by atoms with van der Waals surface area (Å²) in [6.07, 6.45) is 1.41. The van der Waals surface area contributed by atoms with Crippen LogP contribution in [-0.2, 0) is 25.5 Å². The molecule has 0 N–H and O–H groups in total. The SMILES string of the molecule is CC(C)c1cc(C(C)C)c(-c2ccc(-c3cc(C(C)C)c(-n4c(-c5[c-]ccc6c5oc5cc7c(ccc8ccccc87)cc56)nc5ccccc54)c(C(C)C)c3)cc2)c(C(C)C)c1.[2H]C([2H])([2H])c1cnc(-c2[c-]cccc2)nc1C(C)(C)C.[Ir]. The van der Waals surface area contributed by atoms with Crippen LogP contribution in [0.3, 0.4) is 0 Å². The average Bonchev–Trinajstić information content (AvgIpc) is 1.69. The standard InChI is InChI=1S/C60H57N2O.C15H17N2.Ir/c1-34(2)43-29-48(35(3)4)57(49(30-43)36(5)6)41-25-22-39(23-26-41)44-31-50(37(7)8)58(51(32-44)38(9)10)62-55-21-14-13-20-54(55)61-60(62)47-19-15-18-46-53-28-42-27-24-40-16-11-12-17-45(40)52(42)33-56(53)63-59(46)47;1-11-10-16-14(12-8-6-5-7-9-12)17-13(11)15(2,3)4;/h11-18,20-38H,1-10H3;5-8,10H,1-4H3;/q2*-1;/i;1D3;. The van der Waals surface area contributed by atoms with Crippen LogP contribution in [-0.4, -0.2) is 19.5 Å². The van der Waals surface area contributed by atoms with E-state index < -0.39 is 6.85 Å². The molecule has 0 saturated carbocycles. The van der Waals surface area contributed by atoms with Gasteiger partial charge in [-0.3, -0.25) is 15.0 Å². The van der Waals surface area contributed by atoms with Crippen LogP contribution in [0, 0.1) is 19.0 Å². The molecule has 0 aliphatic rings. The van der Waals surface area contributed by atoms with Gasteiger partial charge in [0.2, 0.25) is 0 Å². The first-order chi connectivity index (χ1) is 39.6. The minimum Gasteiger partial charge on any atom is -0.501 e. The van der Waals surface area contributed by atoms with E-state index in [1.165, 1.54) is 83.5 Å². The third-order valence-corrected chi connectivity index (χ3v) is 15.8. The number of hydrogen-bond donors (Lipinski definition) is 0. The molecule has 0 bridgehead atoms. The third-order valence-electron chi connectivity index (χ3n) is 15.8. The molecule has 81 heavy (non-hydrogen) atoms. The molecule has 0 atom stereocenters. The summed E-state index contributed by atoms with van der Waals surface area (Å²) in [6.45, 7) is 26.8. The first-order valence-corrected chi connectivity index (χ1v) is 28.5. The quantitative estimate of drug-likeness (QED) is 0.101. The maximum Gasteiger partial charge on any atom is 0.121 e. The molecular formula is C75H74IrN4O-2. The van der Waals surface area contributed by atoms with Gasteiger partial charge in [-0.15, -0.1) is 54.1 Å². The number of para-hydroxylation sites is 2. The molecule has 9 aromatic carbocycles. The van der Waals surface area contributed by atoms with Gasteiger partial charge in [-0.2, -0.15) is 0 Å². The number of aryl methyl sites for hydroxylation is 1. The molecule has 1 radical (unpaired) electrons. The Kier molecular flexibility index (Phi) is 14.9. The van der Waals surface area contributed by atoms with Crippen molar-refractivity contribution >= 4 is 54.5 Å². The fourth-order valence-electron chi connectivity index (χ4n) is 11.5. The molecule has 0 amide bonds. The second-order valence-corrected chi connectivity index (χ2v) is 24.2. The van der Waals surface area contributed by atoms with Crippen molar-refractivity contribution in [3.63, 3.8) is 0 Å². The third kappa shape index (κ3) is 10.8. The summed E-state index contributed by atoms with van der Waals surface area (Å²) in [5.74, 6) is 3.15. The molecule has 3 aromatic heterocycles. The fourth-order valence-corrected chi connectivity index (χ4v) is 11.5. The van der Waals surface area contributed by atoms with Gasteiger partial charge in [-0.05, 0) is 150 Å². The number of hydrogen-bond acceptors (Lipinski definition) is 4. The van der Waals surface area contributed by atoms with E-state index in [0.29, 0.717) is 29.3 Å². The number of rotatable bonds is 10. The maximum atomic E-state index is 7.61. The Morgan fingerprint density at radius 1 is 0.543 bits per heavy atom. The van der Waals surface area contributed by atoms with Crippen LogP contribution in [0.4, 0.5) is 0 Å². The summed E-state index contributed by atoms with van der Waals surface area (Å²) < 4.78 is 32.2. The summed E-state index contributed by atoms with van der Waals surface area (Å²) in [5.41, 5.74) is 18.9. The van der Waals surface area contributed by atoms with Gasteiger partial charge in [0.05, 0.1) is 28.3 Å². The summed E-state index contributed by atoms with van der Waals surface area (Å²) in [4.78, 5) is 14.1. The molecule has 12 aromatic rings. The predicted molar refractivity (Wildman–Crippen MR) is 339 cm³/mol. The van der Waals surface area contributed by atoms with Crippen LogP contribution < -0.4 is 0 Å². The van der Waals surface area contributed by atoms with Crippen molar-refractivity contribution in [1.29, 1.82) is 0 Å². The number of fused-ring (bicyclic) bond motifs is 7. The fraction of sp³-hybridized carbons (Fsp3) is 0.267. The molecule has 0 spiro atoms. The van der Waals surface area contributed by atoms with Gasteiger partial charge in [0.15, 0.2) is 0 Å². The molecule has 411 valence electrons. The molecule has 12 rings (SSSR count). The first-order valence-electron chi connectivity index (χ1n) is 30.0. The Balaban J connectivity index is 0.000000318. The van der Waals surface area contributed by atoms with Gasteiger partial charge < -0.3 is 8.98 Å². The van der Waals surface area contributed by atoms with E-state index in [-0.39, 0.29) is 42.9 Å². The van der Waals surface area contributed by atoms with Gasteiger partial charge in [0.1, 0.15) is 5.58 Å². The molecular weight excluding hydrogens is 1170 g/mol. The van der Waals surface area contributed by atoms with E-state index >= 15 is 0 Å². The van der Waals surface area contributed by atoms with Crippen LogP contribution in [0.5, 0.6) is 0 Å². The van der Waals surface area contributed by atoms with Crippen LogP contribution in [0.25, 0.3) is 105 Å². The topological polar surface area (TPSA) is 56.7 Å². The van der Waals surface area contributed by atoms with Crippen LogP contribution in [0.2, 0.25) is 0 Å². The minimum absolute atomic E-state index is 0. The number of aromatic nitrogens is 4. The number of imidazole rings is 1. The Morgan fingerprint density at radius 3 is 1.83 bits per heavy atom. The summed E-state index contributed by atoms with van der Waals surface area (Å²) in [7, 11) is 0. The molecule has 0 unspecified atom stereocenters. The monoisotopic (exact) mass is 1240 g/mol. The Labute approximate surface area is 497 Å². The van der Waals surface area contributed by atoms with E-state index in [9.17, 15) is 0 Å². The van der Waals surface area contributed by atoms with Crippen LogP contribution in [0.15, 0.2) is 168 Å². The molecule has 0 aliphatic heterocycles. The zero-order valence-electron chi connectivity index (χ0n) is 52.0. The van der Waals surface area contributed by atoms with E-state index in [4.69, 9.17) is 13.5 Å². The smallest absolute Gasteiger partial charge is 0.121 e. The number of nitrogens with zero attached hydrogens (tertiary/aromatic N) is 4. The van der Waals surface area contributed by atoms with E-state index in [2.05, 4.69) is 223 Å². The van der Waals surface area contributed by atoms with E-state index in [1.54, 1.807) is 6.07 Å². The largest absolute Gasteiger partial charge is 0.501 e. The zero-order valence-corrected chi connectivity index (χ0v) is 51.4. The number of benzene rings is 9. The normalized spacial score (nSPS) is 12.7. The molecule has 0 fully saturated rings. The first kappa shape index (κ1) is 52.8. The van der Waals surface area contributed by atoms with E-state index in [0.717, 1.165) is 49.9 Å². The van der Waals surface area contributed by atoms with Gasteiger partial charge in [0, 0.05) is 52.6 Å². The number of furan rings is 1. The van der Waals surface area contributed by atoms with Crippen molar-refractivity contribution in [3.8, 4) is 50.7 Å². The molecule has 5 nitrogen and oxygen atoms in total. The average molecular weight is 1240 g/mol. The van der Waals surface area contributed by atoms with Gasteiger partial charge in [-0.1, -0.05) is 186 Å². The second-order valence-electron chi connectivity index (χ2n) is 24.2. The van der Waals surface area contributed by atoms with Crippen molar-refractivity contribution in [2.75, 3.05) is 0 Å². The van der Waals surface area contributed by atoms with E-state index in [1.807, 2.05) is 45.0 Å². The van der Waals surface area contributed by atoms with Crippen LogP contribution in [0.1, 0.15) is 163 Å². The van der Waals surface area contributed by atoms with Crippen molar-refractivity contribution in [3.05, 3.63) is 215 Å². The molecule has 0 aliphatic carbocycles.